The lowest BCUT2D eigenvalue weighted by atomic mass is 10.00. The summed E-state index contributed by atoms with van der Waals surface area (Å²) in [5.41, 5.74) is 3.77. The van der Waals surface area contributed by atoms with E-state index in [1.54, 1.807) is 6.92 Å². The van der Waals surface area contributed by atoms with E-state index in [0.717, 1.165) is 25.6 Å². The third-order valence-corrected chi connectivity index (χ3v) is 4.41. The van der Waals surface area contributed by atoms with Crippen molar-refractivity contribution in [2.75, 3.05) is 26.2 Å². The maximum atomic E-state index is 6.05. The third kappa shape index (κ3) is 4.40. The number of aromatic nitrogens is 2. The third-order valence-electron chi connectivity index (χ3n) is 4.41. The number of aliphatic imine (C=N–C) groups is 1. The van der Waals surface area contributed by atoms with Crippen molar-refractivity contribution in [3.63, 3.8) is 0 Å². The highest BCUT2D eigenvalue weighted by atomic mass is 16.5. The van der Waals surface area contributed by atoms with Gasteiger partial charge in [0.15, 0.2) is 11.8 Å². The summed E-state index contributed by atoms with van der Waals surface area (Å²) in [6.07, 6.45) is 0.0422. The van der Waals surface area contributed by atoms with E-state index in [-0.39, 0.29) is 6.10 Å². The van der Waals surface area contributed by atoms with E-state index < -0.39 is 0 Å². The highest BCUT2D eigenvalue weighted by molar-refractivity contribution is 5.80. The van der Waals surface area contributed by atoms with Crippen molar-refractivity contribution >= 4 is 5.96 Å². The summed E-state index contributed by atoms with van der Waals surface area (Å²) in [5.74, 6) is 2.01. The molecule has 1 saturated heterocycles. The van der Waals surface area contributed by atoms with Gasteiger partial charge in [-0.05, 0) is 31.9 Å². The maximum Gasteiger partial charge on any atom is 0.223 e. The van der Waals surface area contributed by atoms with Crippen molar-refractivity contribution in [1.29, 1.82) is 0 Å². The number of morpholine rings is 1. The molecule has 0 radical (unpaired) electrons. The molecule has 1 N–H and O–H groups in total. The van der Waals surface area contributed by atoms with Crippen molar-refractivity contribution in [3.8, 4) is 0 Å². The highest BCUT2D eigenvalue weighted by Gasteiger charge is 2.25. The molecule has 26 heavy (non-hydrogen) atoms. The molecule has 1 unspecified atom stereocenters. The summed E-state index contributed by atoms with van der Waals surface area (Å²) in [4.78, 5) is 11.1. The van der Waals surface area contributed by atoms with Crippen molar-refractivity contribution in [3.05, 3.63) is 46.6 Å². The number of hydrogen-bond donors (Lipinski definition) is 1. The number of benzene rings is 1. The molecule has 1 aliphatic heterocycles. The van der Waals surface area contributed by atoms with E-state index in [2.05, 4.69) is 64.3 Å². The van der Waals surface area contributed by atoms with E-state index in [0.29, 0.717) is 24.9 Å². The second-order valence-electron chi connectivity index (χ2n) is 6.57. The van der Waals surface area contributed by atoms with Crippen LogP contribution >= 0.6 is 0 Å². The Morgan fingerprint density at radius 2 is 2.19 bits per heavy atom. The zero-order valence-electron chi connectivity index (χ0n) is 16.0. The topological polar surface area (TPSA) is 75.8 Å². The fourth-order valence-corrected chi connectivity index (χ4v) is 3.19. The monoisotopic (exact) mass is 357 g/mol. The summed E-state index contributed by atoms with van der Waals surface area (Å²) in [7, 11) is 0. The molecule has 0 saturated carbocycles. The number of rotatable bonds is 4. The minimum Gasteiger partial charge on any atom is -0.370 e. The van der Waals surface area contributed by atoms with Crippen molar-refractivity contribution in [2.24, 2.45) is 4.99 Å². The Kier molecular flexibility index (Phi) is 5.88. The molecule has 140 valence electrons. The first-order valence-electron chi connectivity index (χ1n) is 9.08. The van der Waals surface area contributed by atoms with Crippen LogP contribution in [0.15, 0.2) is 27.7 Å². The minimum atomic E-state index is 0.0422. The van der Waals surface area contributed by atoms with E-state index in [1.165, 1.54) is 16.7 Å². The van der Waals surface area contributed by atoms with Gasteiger partial charge in [0.05, 0.1) is 13.2 Å². The second-order valence-corrected chi connectivity index (χ2v) is 6.57. The van der Waals surface area contributed by atoms with Gasteiger partial charge >= 0.3 is 0 Å². The van der Waals surface area contributed by atoms with Crippen LogP contribution in [0.4, 0.5) is 0 Å². The minimum absolute atomic E-state index is 0.0422. The van der Waals surface area contributed by atoms with Crippen molar-refractivity contribution < 1.29 is 9.26 Å². The normalized spacial score (nSPS) is 18.2. The van der Waals surface area contributed by atoms with Gasteiger partial charge in [-0.1, -0.05) is 28.9 Å². The number of guanidine groups is 1. The van der Waals surface area contributed by atoms with Crippen LogP contribution < -0.4 is 5.32 Å². The van der Waals surface area contributed by atoms with E-state index in [1.807, 2.05) is 0 Å². The Hall–Kier alpha value is -2.41. The van der Waals surface area contributed by atoms with Gasteiger partial charge in [0.2, 0.25) is 5.89 Å². The number of ether oxygens (including phenoxy) is 1. The Morgan fingerprint density at radius 3 is 2.88 bits per heavy atom. The molecule has 1 aromatic carbocycles. The molecule has 1 fully saturated rings. The van der Waals surface area contributed by atoms with Gasteiger partial charge in [0, 0.05) is 20.0 Å². The molecule has 7 nitrogen and oxygen atoms in total. The van der Waals surface area contributed by atoms with Gasteiger partial charge in [-0.3, -0.25) is 0 Å². The SMILES string of the molecule is CCNC(=NCc1noc(C)n1)N1CCOC(c2ccc(C)cc2C)C1. The summed E-state index contributed by atoms with van der Waals surface area (Å²) in [6, 6.07) is 6.52. The standard InChI is InChI=1S/C19H27N5O2/c1-5-20-19(21-11-18-22-15(4)26-23-18)24-8-9-25-17(12-24)16-7-6-13(2)10-14(16)3/h6-7,10,17H,5,8-9,11-12H2,1-4H3,(H,20,21). The quantitative estimate of drug-likeness (QED) is 0.669. The molecule has 0 bridgehead atoms. The zero-order chi connectivity index (χ0) is 18.5. The van der Waals surface area contributed by atoms with Crippen molar-refractivity contribution in [2.45, 2.75) is 40.3 Å². The van der Waals surface area contributed by atoms with Crippen LogP contribution in [0, 0.1) is 20.8 Å². The molecule has 1 aromatic heterocycles. The molecule has 7 heteroatoms. The molecule has 0 spiro atoms. The lowest BCUT2D eigenvalue weighted by Crippen LogP contribution is -2.48. The summed E-state index contributed by atoms with van der Waals surface area (Å²) < 4.78 is 11.1. The molecular formula is C19H27N5O2. The number of hydrogen-bond acceptors (Lipinski definition) is 5. The van der Waals surface area contributed by atoms with E-state index in [4.69, 9.17) is 9.26 Å². The smallest absolute Gasteiger partial charge is 0.223 e. The molecule has 2 aromatic rings. The summed E-state index contributed by atoms with van der Waals surface area (Å²) in [5, 5.41) is 7.27. The predicted octanol–water partition coefficient (Wildman–Crippen LogP) is 2.53. The first-order chi connectivity index (χ1) is 12.6. The fraction of sp³-hybridized carbons (Fsp3) is 0.526. The van der Waals surface area contributed by atoms with E-state index in [9.17, 15) is 0 Å². The highest BCUT2D eigenvalue weighted by Crippen LogP contribution is 2.26. The first kappa shape index (κ1) is 18.4. The molecule has 3 rings (SSSR count). The van der Waals surface area contributed by atoms with Gasteiger partial charge in [-0.2, -0.15) is 4.98 Å². The summed E-state index contributed by atoms with van der Waals surface area (Å²) >= 11 is 0. The lowest BCUT2D eigenvalue weighted by Gasteiger charge is -2.35. The molecule has 0 aliphatic carbocycles. The Labute approximate surface area is 154 Å². The molecule has 2 heterocycles. The summed E-state index contributed by atoms with van der Waals surface area (Å²) in [6.45, 7) is 11.5. The van der Waals surface area contributed by atoms with Crippen molar-refractivity contribution in [1.82, 2.24) is 20.4 Å². The predicted molar refractivity (Wildman–Crippen MR) is 100 cm³/mol. The number of aryl methyl sites for hydroxylation is 3. The van der Waals surface area contributed by atoms with Crippen LogP contribution in [0.2, 0.25) is 0 Å². The average molecular weight is 357 g/mol. The number of nitrogens with zero attached hydrogens (tertiary/aromatic N) is 4. The second kappa shape index (κ2) is 8.31. The molecular weight excluding hydrogens is 330 g/mol. The largest absolute Gasteiger partial charge is 0.370 e. The fourth-order valence-electron chi connectivity index (χ4n) is 3.19. The van der Waals surface area contributed by atoms with E-state index >= 15 is 0 Å². The van der Waals surface area contributed by atoms with Gasteiger partial charge in [-0.15, -0.1) is 0 Å². The Balaban J connectivity index is 1.74. The molecule has 1 atom stereocenters. The molecule has 1 aliphatic rings. The maximum absolute atomic E-state index is 6.05. The van der Waals surface area contributed by atoms with Crippen LogP contribution in [0.25, 0.3) is 0 Å². The molecule has 0 amide bonds. The average Bonchev–Trinajstić information content (AvgIpc) is 3.04. The van der Waals surface area contributed by atoms with Gasteiger partial charge in [0.1, 0.15) is 12.6 Å². The van der Waals surface area contributed by atoms with Crippen LogP contribution in [-0.4, -0.2) is 47.2 Å². The van der Waals surface area contributed by atoms with Crippen LogP contribution in [0.3, 0.4) is 0 Å². The lowest BCUT2D eigenvalue weighted by molar-refractivity contribution is -0.00835. The zero-order valence-corrected chi connectivity index (χ0v) is 16.0. The Bertz CT molecular complexity index is 771. The van der Waals surface area contributed by atoms with Crippen LogP contribution in [0.1, 0.15) is 41.4 Å². The van der Waals surface area contributed by atoms with Gasteiger partial charge < -0.3 is 19.5 Å². The Morgan fingerprint density at radius 1 is 1.35 bits per heavy atom. The van der Waals surface area contributed by atoms with Crippen LogP contribution in [0.5, 0.6) is 0 Å². The first-order valence-corrected chi connectivity index (χ1v) is 9.08. The van der Waals surface area contributed by atoms with Crippen LogP contribution in [-0.2, 0) is 11.3 Å². The van der Waals surface area contributed by atoms with Gasteiger partial charge in [-0.25, -0.2) is 4.99 Å². The number of nitrogens with one attached hydrogen (secondary N) is 1. The van der Waals surface area contributed by atoms with Gasteiger partial charge in [0.25, 0.3) is 0 Å².